The number of aromatic hydroxyl groups is 1. The van der Waals surface area contributed by atoms with Crippen molar-refractivity contribution >= 4 is 17.8 Å². The highest BCUT2D eigenvalue weighted by molar-refractivity contribution is 5.70. The standard InChI is InChI=1S/C17H17N3O6/c1-4-5-11-8-10(9-12(25-2)15(11)26-3)6-7-13-18-16(21)14(20(23)24)17(22)19-13/h4,6-9H,1,5H2,2-3H3,(H2,18,19,21,22). The molecule has 0 bridgehead atoms. The van der Waals surface area contributed by atoms with E-state index in [1.54, 1.807) is 18.2 Å². The fourth-order valence-corrected chi connectivity index (χ4v) is 2.36. The van der Waals surface area contributed by atoms with Crippen LogP contribution in [0.1, 0.15) is 17.0 Å². The molecular weight excluding hydrogens is 342 g/mol. The molecule has 0 spiro atoms. The van der Waals surface area contributed by atoms with Gasteiger partial charge in [0.25, 0.3) is 5.88 Å². The third-order valence-corrected chi connectivity index (χ3v) is 3.45. The first-order valence-corrected chi connectivity index (χ1v) is 7.42. The van der Waals surface area contributed by atoms with Crippen LogP contribution >= 0.6 is 0 Å². The summed E-state index contributed by atoms with van der Waals surface area (Å²) < 4.78 is 10.7. The van der Waals surface area contributed by atoms with Gasteiger partial charge in [0.1, 0.15) is 5.82 Å². The molecule has 2 aromatic rings. The monoisotopic (exact) mass is 359 g/mol. The summed E-state index contributed by atoms with van der Waals surface area (Å²) in [5, 5.41) is 20.2. The van der Waals surface area contributed by atoms with Gasteiger partial charge in [0, 0.05) is 5.56 Å². The Labute approximate surface area is 148 Å². The predicted octanol–water partition coefficient (Wildman–Crippen LogP) is 2.30. The average Bonchev–Trinajstić information content (AvgIpc) is 2.58. The number of H-pyrrole nitrogens is 1. The second-order valence-electron chi connectivity index (χ2n) is 5.12. The Kier molecular flexibility index (Phi) is 5.74. The molecule has 0 aliphatic rings. The number of aromatic nitrogens is 2. The maximum Gasteiger partial charge on any atom is 0.395 e. The Balaban J connectivity index is 2.45. The molecule has 0 aliphatic carbocycles. The second kappa shape index (κ2) is 7.97. The van der Waals surface area contributed by atoms with Crippen LogP contribution in [0.4, 0.5) is 5.69 Å². The molecular formula is C17H17N3O6. The van der Waals surface area contributed by atoms with Gasteiger partial charge in [0.15, 0.2) is 11.5 Å². The van der Waals surface area contributed by atoms with Crippen molar-refractivity contribution in [2.75, 3.05) is 14.2 Å². The molecule has 0 aliphatic heterocycles. The number of nitro groups is 1. The van der Waals surface area contributed by atoms with E-state index < -0.39 is 22.0 Å². The summed E-state index contributed by atoms with van der Waals surface area (Å²) in [6, 6.07) is 3.55. The zero-order valence-corrected chi connectivity index (χ0v) is 14.2. The van der Waals surface area contributed by atoms with Crippen molar-refractivity contribution in [2.45, 2.75) is 6.42 Å². The number of methoxy groups -OCH3 is 2. The molecule has 0 radical (unpaired) electrons. The minimum Gasteiger partial charge on any atom is -0.493 e. The minimum absolute atomic E-state index is 0.0295. The lowest BCUT2D eigenvalue weighted by Gasteiger charge is -2.13. The largest absolute Gasteiger partial charge is 0.493 e. The summed E-state index contributed by atoms with van der Waals surface area (Å²) in [6.45, 7) is 3.71. The van der Waals surface area contributed by atoms with Crippen molar-refractivity contribution in [2.24, 2.45) is 0 Å². The van der Waals surface area contributed by atoms with Crippen LogP contribution in [0, 0.1) is 10.1 Å². The van der Waals surface area contributed by atoms with E-state index in [-0.39, 0.29) is 5.82 Å². The van der Waals surface area contributed by atoms with Gasteiger partial charge in [-0.1, -0.05) is 12.2 Å². The minimum atomic E-state index is -1.04. The molecule has 0 saturated heterocycles. The predicted molar refractivity (Wildman–Crippen MR) is 95.6 cm³/mol. The Morgan fingerprint density at radius 1 is 1.35 bits per heavy atom. The van der Waals surface area contributed by atoms with Crippen LogP contribution in [0.5, 0.6) is 17.4 Å². The quantitative estimate of drug-likeness (QED) is 0.441. The Bertz CT molecular complexity index is 933. The highest BCUT2D eigenvalue weighted by Crippen LogP contribution is 2.33. The summed E-state index contributed by atoms with van der Waals surface area (Å²) in [7, 11) is 3.05. The van der Waals surface area contributed by atoms with Crippen molar-refractivity contribution in [3.8, 4) is 17.4 Å². The van der Waals surface area contributed by atoms with E-state index in [9.17, 15) is 20.0 Å². The Morgan fingerprint density at radius 3 is 2.62 bits per heavy atom. The lowest BCUT2D eigenvalue weighted by atomic mass is 10.1. The molecule has 136 valence electrons. The van der Waals surface area contributed by atoms with Crippen LogP contribution in [-0.2, 0) is 6.42 Å². The SMILES string of the molecule is C=CCc1cc(C=Cc2nc(O)c([N+](=O)[O-])c(=O)[nH]2)cc(OC)c1OC. The van der Waals surface area contributed by atoms with Crippen molar-refractivity contribution in [1.29, 1.82) is 0 Å². The first kappa shape index (κ1) is 18.7. The third kappa shape index (κ3) is 3.89. The number of aromatic amines is 1. The first-order valence-electron chi connectivity index (χ1n) is 7.42. The van der Waals surface area contributed by atoms with Gasteiger partial charge in [0.2, 0.25) is 0 Å². The van der Waals surface area contributed by atoms with E-state index in [2.05, 4.69) is 16.5 Å². The number of ether oxygens (including phenoxy) is 2. The zero-order valence-electron chi connectivity index (χ0n) is 14.2. The molecule has 1 aromatic carbocycles. The topological polar surface area (TPSA) is 128 Å². The third-order valence-electron chi connectivity index (χ3n) is 3.45. The molecule has 9 nitrogen and oxygen atoms in total. The average molecular weight is 359 g/mol. The number of hydrogen-bond acceptors (Lipinski definition) is 7. The highest BCUT2D eigenvalue weighted by Gasteiger charge is 2.21. The van der Waals surface area contributed by atoms with Crippen LogP contribution in [0.2, 0.25) is 0 Å². The van der Waals surface area contributed by atoms with E-state index in [0.29, 0.717) is 23.5 Å². The normalized spacial score (nSPS) is 10.7. The van der Waals surface area contributed by atoms with E-state index in [1.165, 1.54) is 20.3 Å². The maximum absolute atomic E-state index is 11.7. The smallest absolute Gasteiger partial charge is 0.395 e. The van der Waals surface area contributed by atoms with Crippen LogP contribution in [0.15, 0.2) is 29.6 Å². The number of hydrogen-bond donors (Lipinski definition) is 2. The summed E-state index contributed by atoms with van der Waals surface area (Å²) in [5.74, 6) is 0.125. The summed E-state index contributed by atoms with van der Waals surface area (Å²) in [6.07, 6.45) is 5.29. The van der Waals surface area contributed by atoms with Gasteiger partial charge in [-0.25, -0.2) is 0 Å². The molecule has 26 heavy (non-hydrogen) atoms. The van der Waals surface area contributed by atoms with Gasteiger partial charge in [-0.05, 0) is 30.2 Å². The van der Waals surface area contributed by atoms with E-state index in [4.69, 9.17) is 9.47 Å². The number of benzene rings is 1. The van der Waals surface area contributed by atoms with E-state index in [0.717, 1.165) is 5.56 Å². The van der Waals surface area contributed by atoms with Crippen LogP contribution in [-0.4, -0.2) is 34.2 Å². The van der Waals surface area contributed by atoms with Gasteiger partial charge >= 0.3 is 11.2 Å². The molecule has 0 amide bonds. The first-order chi connectivity index (χ1) is 12.4. The number of allylic oxidation sites excluding steroid dienone is 1. The van der Waals surface area contributed by atoms with Crippen molar-refractivity contribution in [3.63, 3.8) is 0 Å². The molecule has 0 unspecified atom stereocenters. The van der Waals surface area contributed by atoms with E-state index in [1.807, 2.05) is 6.07 Å². The summed E-state index contributed by atoms with van der Waals surface area (Å²) in [5.41, 5.74) is -0.488. The lowest BCUT2D eigenvalue weighted by Crippen LogP contribution is -2.14. The van der Waals surface area contributed by atoms with E-state index >= 15 is 0 Å². The molecule has 1 aromatic heterocycles. The van der Waals surface area contributed by atoms with Crippen molar-refractivity contribution < 1.29 is 19.5 Å². The van der Waals surface area contributed by atoms with Crippen LogP contribution < -0.4 is 15.0 Å². The Hall–Kier alpha value is -3.62. The summed E-state index contributed by atoms with van der Waals surface area (Å²) >= 11 is 0. The lowest BCUT2D eigenvalue weighted by molar-refractivity contribution is -0.387. The highest BCUT2D eigenvalue weighted by atomic mass is 16.6. The molecule has 0 fully saturated rings. The fraction of sp³-hybridized carbons (Fsp3) is 0.176. The van der Waals surface area contributed by atoms with Gasteiger partial charge in [0.05, 0.1) is 19.1 Å². The van der Waals surface area contributed by atoms with Gasteiger partial charge in [-0.3, -0.25) is 14.9 Å². The van der Waals surface area contributed by atoms with Gasteiger partial charge in [-0.2, -0.15) is 4.98 Å². The van der Waals surface area contributed by atoms with Gasteiger partial charge < -0.3 is 19.6 Å². The molecule has 2 rings (SSSR count). The molecule has 0 saturated carbocycles. The zero-order chi connectivity index (χ0) is 19.3. The van der Waals surface area contributed by atoms with Gasteiger partial charge in [-0.15, -0.1) is 6.58 Å². The maximum atomic E-state index is 11.7. The summed E-state index contributed by atoms with van der Waals surface area (Å²) in [4.78, 5) is 27.2. The van der Waals surface area contributed by atoms with Crippen LogP contribution in [0.25, 0.3) is 12.2 Å². The van der Waals surface area contributed by atoms with Crippen molar-refractivity contribution in [1.82, 2.24) is 9.97 Å². The second-order valence-corrected chi connectivity index (χ2v) is 5.12. The fourth-order valence-electron chi connectivity index (χ4n) is 2.36. The Morgan fingerprint density at radius 2 is 2.08 bits per heavy atom. The molecule has 1 heterocycles. The number of nitrogens with zero attached hydrogens (tertiary/aromatic N) is 2. The van der Waals surface area contributed by atoms with Crippen LogP contribution in [0.3, 0.4) is 0 Å². The number of nitrogens with one attached hydrogen (secondary N) is 1. The molecule has 2 N–H and O–H groups in total. The molecule has 0 atom stereocenters. The molecule has 9 heteroatoms. The van der Waals surface area contributed by atoms with Crippen molar-refractivity contribution in [3.05, 3.63) is 62.2 Å². The number of rotatable bonds is 7.